The number of carbonyl (C=O) groups is 2. The summed E-state index contributed by atoms with van der Waals surface area (Å²) < 4.78 is 10.8. The van der Waals surface area contributed by atoms with E-state index in [-0.39, 0.29) is 23.8 Å². The van der Waals surface area contributed by atoms with E-state index in [2.05, 4.69) is 13.8 Å². The van der Waals surface area contributed by atoms with Crippen molar-refractivity contribution in [2.45, 2.75) is 97.3 Å². The van der Waals surface area contributed by atoms with Crippen molar-refractivity contribution in [2.75, 3.05) is 13.2 Å². The molecular weight excluding hydrogens is 316 g/mol. The third-order valence-corrected chi connectivity index (χ3v) is 5.13. The fourth-order valence-corrected chi connectivity index (χ4v) is 3.38. The smallest absolute Gasteiger partial charge is 0.308 e. The molecule has 0 atom stereocenters. The minimum atomic E-state index is -0.0701. The molecule has 0 aliphatic heterocycles. The average Bonchev–Trinajstić information content (AvgIpc) is 2.64. The number of ether oxygens (including phenoxy) is 2. The molecule has 0 heterocycles. The minimum absolute atomic E-state index is 0.0238. The Hall–Kier alpha value is -1.06. The highest BCUT2D eigenvalue weighted by Gasteiger charge is 2.31. The van der Waals surface area contributed by atoms with Gasteiger partial charge in [0, 0.05) is 0 Å². The molecule has 0 aromatic heterocycles. The maximum atomic E-state index is 12.1. The summed E-state index contributed by atoms with van der Waals surface area (Å²) in [5.74, 6) is -0.186. The van der Waals surface area contributed by atoms with E-state index in [1.807, 2.05) is 0 Å². The number of hydrogen-bond acceptors (Lipinski definition) is 4. The highest BCUT2D eigenvalue weighted by molar-refractivity contribution is 5.75. The standard InChI is InChI=1S/C21H38O4/c1-3-5-7-9-11-17-25-21(23)19-14-12-18(13-15-19)20(22)24-16-10-8-6-4-2/h18-19H,3-17H2,1-2H3. The second-order valence-corrected chi connectivity index (χ2v) is 7.36. The maximum absolute atomic E-state index is 12.1. The highest BCUT2D eigenvalue weighted by Crippen LogP contribution is 2.30. The summed E-state index contributed by atoms with van der Waals surface area (Å²) in [6, 6.07) is 0. The first-order valence-electron chi connectivity index (χ1n) is 10.5. The Morgan fingerprint density at radius 1 is 0.640 bits per heavy atom. The van der Waals surface area contributed by atoms with Crippen molar-refractivity contribution >= 4 is 11.9 Å². The summed E-state index contributed by atoms with van der Waals surface area (Å²) >= 11 is 0. The molecule has 1 rings (SSSR count). The van der Waals surface area contributed by atoms with E-state index in [1.165, 1.54) is 32.1 Å². The van der Waals surface area contributed by atoms with Crippen molar-refractivity contribution in [2.24, 2.45) is 11.8 Å². The van der Waals surface area contributed by atoms with Crippen LogP contribution in [0.4, 0.5) is 0 Å². The first kappa shape index (κ1) is 22.0. The van der Waals surface area contributed by atoms with Gasteiger partial charge in [-0.25, -0.2) is 0 Å². The molecule has 1 aliphatic rings. The van der Waals surface area contributed by atoms with Crippen LogP contribution in [0.15, 0.2) is 0 Å². The summed E-state index contributed by atoms with van der Waals surface area (Å²) in [5, 5.41) is 0. The number of esters is 2. The quantitative estimate of drug-likeness (QED) is 0.327. The fraction of sp³-hybridized carbons (Fsp3) is 0.905. The Kier molecular flexibility index (Phi) is 12.4. The van der Waals surface area contributed by atoms with Gasteiger partial charge >= 0.3 is 11.9 Å². The largest absolute Gasteiger partial charge is 0.465 e. The van der Waals surface area contributed by atoms with E-state index in [0.717, 1.165) is 51.4 Å². The van der Waals surface area contributed by atoms with Gasteiger partial charge in [-0.3, -0.25) is 9.59 Å². The van der Waals surface area contributed by atoms with E-state index >= 15 is 0 Å². The monoisotopic (exact) mass is 354 g/mol. The molecule has 1 fully saturated rings. The van der Waals surface area contributed by atoms with E-state index in [1.54, 1.807) is 0 Å². The van der Waals surface area contributed by atoms with Gasteiger partial charge in [-0.15, -0.1) is 0 Å². The zero-order valence-corrected chi connectivity index (χ0v) is 16.4. The van der Waals surface area contributed by atoms with Crippen molar-refractivity contribution in [1.82, 2.24) is 0 Å². The molecule has 4 nitrogen and oxygen atoms in total. The van der Waals surface area contributed by atoms with Crippen LogP contribution in [0.5, 0.6) is 0 Å². The van der Waals surface area contributed by atoms with Crippen LogP contribution in [-0.2, 0) is 19.1 Å². The van der Waals surface area contributed by atoms with E-state index < -0.39 is 0 Å². The Bertz CT molecular complexity index is 359. The molecule has 0 N–H and O–H groups in total. The SMILES string of the molecule is CCCCCCCOC(=O)C1CCC(C(=O)OCCCCCC)CC1. The molecule has 0 spiro atoms. The molecule has 146 valence electrons. The normalized spacial score (nSPS) is 20.2. The van der Waals surface area contributed by atoms with E-state index in [9.17, 15) is 9.59 Å². The van der Waals surface area contributed by atoms with Gasteiger partial charge in [-0.2, -0.15) is 0 Å². The molecule has 0 amide bonds. The minimum Gasteiger partial charge on any atom is -0.465 e. The van der Waals surface area contributed by atoms with Crippen LogP contribution < -0.4 is 0 Å². The predicted octanol–water partition coefficient (Wildman–Crippen LogP) is 5.43. The third kappa shape index (κ3) is 9.86. The van der Waals surface area contributed by atoms with Crippen molar-refractivity contribution in [3.05, 3.63) is 0 Å². The molecule has 1 aliphatic carbocycles. The van der Waals surface area contributed by atoms with Crippen molar-refractivity contribution in [3.63, 3.8) is 0 Å². The fourth-order valence-electron chi connectivity index (χ4n) is 3.38. The van der Waals surface area contributed by atoms with Crippen LogP contribution in [0, 0.1) is 11.8 Å². The molecule has 0 bridgehead atoms. The molecular formula is C21H38O4. The van der Waals surface area contributed by atoms with Crippen molar-refractivity contribution in [3.8, 4) is 0 Å². The Morgan fingerprint density at radius 2 is 1.00 bits per heavy atom. The van der Waals surface area contributed by atoms with Gasteiger partial charge in [-0.1, -0.05) is 58.8 Å². The molecule has 1 saturated carbocycles. The number of hydrogen-bond donors (Lipinski definition) is 0. The molecule has 0 unspecified atom stereocenters. The molecule has 0 saturated heterocycles. The van der Waals surface area contributed by atoms with Crippen LogP contribution in [-0.4, -0.2) is 25.2 Å². The number of unbranched alkanes of at least 4 members (excludes halogenated alkanes) is 7. The second kappa shape index (κ2) is 14.1. The first-order valence-corrected chi connectivity index (χ1v) is 10.5. The maximum Gasteiger partial charge on any atom is 0.308 e. The van der Waals surface area contributed by atoms with Gasteiger partial charge in [0.25, 0.3) is 0 Å². The van der Waals surface area contributed by atoms with Crippen LogP contribution >= 0.6 is 0 Å². The first-order chi connectivity index (χ1) is 12.2. The summed E-state index contributed by atoms with van der Waals surface area (Å²) in [6.45, 7) is 5.45. The van der Waals surface area contributed by atoms with Crippen LogP contribution in [0.25, 0.3) is 0 Å². The molecule has 0 aromatic rings. The van der Waals surface area contributed by atoms with Crippen molar-refractivity contribution < 1.29 is 19.1 Å². The molecule has 0 radical (unpaired) electrons. The molecule has 0 aromatic carbocycles. The Morgan fingerprint density at radius 3 is 1.40 bits per heavy atom. The highest BCUT2D eigenvalue weighted by atomic mass is 16.5. The van der Waals surface area contributed by atoms with Crippen LogP contribution in [0.2, 0.25) is 0 Å². The van der Waals surface area contributed by atoms with Crippen LogP contribution in [0.1, 0.15) is 97.3 Å². The van der Waals surface area contributed by atoms with Gasteiger partial charge in [0.15, 0.2) is 0 Å². The summed E-state index contributed by atoms with van der Waals surface area (Å²) in [6.07, 6.45) is 13.3. The van der Waals surface area contributed by atoms with E-state index in [4.69, 9.17) is 9.47 Å². The average molecular weight is 355 g/mol. The Balaban J connectivity index is 2.09. The third-order valence-electron chi connectivity index (χ3n) is 5.13. The topological polar surface area (TPSA) is 52.6 Å². The van der Waals surface area contributed by atoms with Gasteiger partial charge in [-0.05, 0) is 38.5 Å². The lowest BCUT2D eigenvalue weighted by Gasteiger charge is -2.26. The lowest BCUT2D eigenvalue weighted by atomic mass is 9.82. The van der Waals surface area contributed by atoms with Gasteiger partial charge < -0.3 is 9.47 Å². The summed E-state index contributed by atoms with van der Waals surface area (Å²) in [5.41, 5.74) is 0. The summed E-state index contributed by atoms with van der Waals surface area (Å²) in [7, 11) is 0. The summed E-state index contributed by atoms with van der Waals surface area (Å²) in [4.78, 5) is 24.2. The second-order valence-electron chi connectivity index (χ2n) is 7.36. The number of carbonyl (C=O) groups excluding carboxylic acids is 2. The van der Waals surface area contributed by atoms with Gasteiger partial charge in [0.2, 0.25) is 0 Å². The van der Waals surface area contributed by atoms with Gasteiger partial charge in [0.05, 0.1) is 25.0 Å². The van der Waals surface area contributed by atoms with Crippen molar-refractivity contribution in [1.29, 1.82) is 0 Å². The van der Waals surface area contributed by atoms with Crippen LogP contribution in [0.3, 0.4) is 0 Å². The number of rotatable bonds is 13. The Labute approximate surface area is 154 Å². The van der Waals surface area contributed by atoms with Gasteiger partial charge in [0.1, 0.15) is 0 Å². The molecule has 25 heavy (non-hydrogen) atoms. The predicted molar refractivity (Wildman–Crippen MR) is 100 cm³/mol. The zero-order valence-electron chi connectivity index (χ0n) is 16.4. The lowest BCUT2D eigenvalue weighted by Crippen LogP contribution is -2.28. The lowest BCUT2D eigenvalue weighted by molar-refractivity contribution is -0.155. The van der Waals surface area contributed by atoms with E-state index in [0.29, 0.717) is 13.2 Å². The molecule has 4 heteroatoms. The zero-order chi connectivity index (χ0) is 18.3.